The van der Waals surface area contributed by atoms with Crippen molar-refractivity contribution in [2.75, 3.05) is 13.7 Å². The molecule has 3 nitrogen and oxygen atoms in total. The molecular formula is C16H17Cl2NO2. The Kier molecular flexibility index (Phi) is 5.74. The molecule has 0 fully saturated rings. The molecule has 2 aromatic carbocycles. The van der Waals surface area contributed by atoms with Gasteiger partial charge in [0, 0.05) is 5.56 Å². The predicted molar refractivity (Wildman–Crippen MR) is 86.5 cm³/mol. The van der Waals surface area contributed by atoms with Gasteiger partial charge in [0.25, 0.3) is 0 Å². The monoisotopic (exact) mass is 325 g/mol. The summed E-state index contributed by atoms with van der Waals surface area (Å²) in [5.41, 5.74) is 7.47. The Morgan fingerprint density at radius 1 is 1.05 bits per heavy atom. The van der Waals surface area contributed by atoms with Gasteiger partial charge in [-0.15, -0.1) is 0 Å². The topological polar surface area (TPSA) is 44.5 Å². The van der Waals surface area contributed by atoms with E-state index in [2.05, 4.69) is 0 Å². The molecule has 0 saturated heterocycles. The molecule has 0 heterocycles. The Bertz CT molecular complexity index is 617. The fourth-order valence-electron chi connectivity index (χ4n) is 2.05. The van der Waals surface area contributed by atoms with Gasteiger partial charge < -0.3 is 15.2 Å². The highest BCUT2D eigenvalue weighted by molar-refractivity contribution is 6.42. The Balaban J connectivity index is 2.24. The van der Waals surface area contributed by atoms with Crippen LogP contribution in [0.4, 0.5) is 0 Å². The number of nitrogens with two attached hydrogens (primary N) is 1. The molecule has 0 atom stereocenters. The first-order valence-corrected chi connectivity index (χ1v) is 7.34. The molecule has 0 amide bonds. The summed E-state index contributed by atoms with van der Waals surface area (Å²) in [6, 6.07) is 11.2. The minimum absolute atomic E-state index is 0.317. The molecular weight excluding hydrogens is 309 g/mol. The summed E-state index contributed by atoms with van der Waals surface area (Å²) in [5.74, 6) is 1.38. The highest BCUT2D eigenvalue weighted by Crippen LogP contribution is 2.33. The van der Waals surface area contributed by atoms with E-state index in [1.54, 1.807) is 13.2 Å². The molecule has 112 valence electrons. The first-order valence-electron chi connectivity index (χ1n) is 6.59. The van der Waals surface area contributed by atoms with Crippen molar-refractivity contribution in [1.29, 1.82) is 0 Å². The van der Waals surface area contributed by atoms with Gasteiger partial charge in [0.2, 0.25) is 0 Å². The number of methoxy groups -OCH3 is 1. The number of hydrogen-bond acceptors (Lipinski definition) is 3. The minimum Gasteiger partial charge on any atom is -0.493 e. The van der Waals surface area contributed by atoms with Crippen molar-refractivity contribution in [3.63, 3.8) is 0 Å². The van der Waals surface area contributed by atoms with E-state index in [9.17, 15) is 0 Å². The van der Waals surface area contributed by atoms with E-state index in [1.807, 2.05) is 30.3 Å². The van der Waals surface area contributed by atoms with Gasteiger partial charge >= 0.3 is 0 Å². The first kappa shape index (κ1) is 16.0. The standard InChI is InChI=1S/C16H17Cl2NO2/c1-20-14-7-3-4-11(8-9-19)16(14)21-10-12-5-2-6-13(17)15(12)18/h2-7H,8-10,19H2,1H3. The van der Waals surface area contributed by atoms with Crippen molar-refractivity contribution in [2.45, 2.75) is 13.0 Å². The molecule has 0 saturated carbocycles. The SMILES string of the molecule is COc1cccc(CCN)c1OCc1cccc(Cl)c1Cl. The van der Waals surface area contributed by atoms with E-state index >= 15 is 0 Å². The molecule has 2 rings (SSSR count). The quantitative estimate of drug-likeness (QED) is 0.870. The second-order valence-electron chi connectivity index (χ2n) is 4.49. The van der Waals surface area contributed by atoms with Crippen molar-refractivity contribution < 1.29 is 9.47 Å². The number of hydrogen-bond donors (Lipinski definition) is 1. The third kappa shape index (κ3) is 3.82. The Hall–Kier alpha value is -1.42. The van der Waals surface area contributed by atoms with E-state index in [0.29, 0.717) is 34.7 Å². The third-order valence-electron chi connectivity index (χ3n) is 3.10. The molecule has 0 aliphatic carbocycles. The van der Waals surface area contributed by atoms with Crippen molar-refractivity contribution in [2.24, 2.45) is 5.73 Å². The summed E-state index contributed by atoms with van der Waals surface area (Å²) in [4.78, 5) is 0. The molecule has 2 aromatic rings. The summed E-state index contributed by atoms with van der Waals surface area (Å²) in [7, 11) is 1.61. The van der Waals surface area contributed by atoms with Crippen LogP contribution in [0, 0.1) is 0 Å². The highest BCUT2D eigenvalue weighted by Gasteiger charge is 2.12. The minimum atomic E-state index is 0.317. The van der Waals surface area contributed by atoms with Gasteiger partial charge in [-0.3, -0.25) is 0 Å². The summed E-state index contributed by atoms with van der Waals surface area (Å²) >= 11 is 12.2. The lowest BCUT2D eigenvalue weighted by Gasteiger charge is -2.15. The number of ether oxygens (including phenoxy) is 2. The molecule has 5 heteroatoms. The van der Waals surface area contributed by atoms with Crippen LogP contribution in [0.5, 0.6) is 11.5 Å². The molecule has 0 aliphatic heterocycles. The molecule has 0 aliphatic rings. The van der Waals surface area contributed by atoms with Gasteiger partial charge in [0.15, 0.2) is 11.5 Å². The van der Waals surface area contributed by atoms with Gasteiger partial charge in [0.1, 0.15) is 6.61 Å². The van der Waals surface area contributed by atoms with Crippen LogP contribution < -0.4 is 15.2 Å². The van der Waals surface area contributed by atoms with Gasteiger partial charge in [-0.05, 0) is 30.7 Å². The number of para-hydroxylation sites is 1. The summed E-state index contributed by atoms with van der Waals surface area (Å²) < 4.78 is 11.3. The smallest absolute Gasteiger partial charge is 0.164 e. The van der Waals surface area contributed by atoms with E-state index < -0.39 is 0 Å². The normalized spacial score (nSPS) is 10.5. The zero-order valence-corrected chi connectivity index (χ0v) is 13.2. The molecule has 21 heavy (non-hydrogen) atoms. The molecule has 2 N–H and O–H groups in total. The summed E-state index contributed by atoms with van der Waals surface area (Å²) in [5, 5.41) is 1.02. The Morgan fingerprint density at radius 2 is 1.76 bits per heavy atom. The number of rotatable bonds is 6. The molecule has 0 spiro atoms. The first-order chi connectivity index (χ1) is 10.2. The lowest BCUT2D eigenvalue weighted by molar-refractivity contribution is 0.281. The van der Waals surface area contributed by atoms with Crippen molar-refractivity contribution in [3.05, 3.63) is 57.6 Å². The molecule has 0 radical (unpaired) electrons. The maximum absolute atomic E-state index is 6.17. The van der Waals surface area contributed by atoms with E-state index in [4.69, 9.17) is 38.4 Å². The van der Waals surface area contributed by atoms with Crippen molar-refractivity contribution >= 4 is 23.2 Å². The van der Waals surface area contributed by atoms with Crippen molar-refractivity contribution in [1.82, 2.24) is 0 Å². The van der Waals surface area contributed by atoms with Gasteiger partial charge in [-0.2, -0.15) is 0 Å². The molecule has 0 bridgehead atoms. The molecule has 0 aromatic heterocycles. The van der Waals surface area contributed by atoms with Crippen molar-refractivity contribution in [3.8, 4) is 11.5 Å². The largest absolute Gasteiger partial charge is 0.493 e. The van der Waals surface area contributed by atoms with Crippen LogP contribution in [0.25, 0.3) is 0 Å². The highest BCUT2D eigenvalue weighted by atomic mass is 35.5. The van der Waals surface area contributed by atoms with Crippen LogP contribution in [-0.4, -0.2) is 13.7 Å². The summed E-state index contributed by atoms with van der Waals surface area (Å²) in [6.07, 6.45) is 0.718. The van der Waals surface area contributed by atoms with E-state index in [-0.39, 0.29) is 0 Å². The van der Waals surface area contributed by atoms with Crippen LogP contribution in [0.1, 0.15) is 11.1 Å². The maximum atomic E-state index is 6.17. The predicted octanol–water partition coefficient (Wildman–Crippen LogP) is 4.08. The van der Waals surface area contributed by atoms with Crippen LogP contribution in [0.15, 0.2) is 36.4 Å². The fourth-order valence-corrected chi connectivity index (χ4v) is 2.42. The second-order valence-corrected chi connectivity index (χ2v) is 5.27. The lowest BCUT2D eigenvalue weighted by atomic mass is 10.1. The van der Waals surface area contributed by atoms with E-state index in [0.717, 1.165) is 17.5 Å². The van der Waals surface area contributed by atoms with Crippen LogP contribution in [0.3, 0.4) is 0 Å². The van der Waals surface area contributed by atoms with Gasteiger partial charge in [0.05, 0.1) is 17.2 Å². The second kappa shape index (κ2) is 7.55. The number of halogens is 2. The zero-order valence-electron chi connectivity index (χ0n) is 11.7. The summed E-state index contributed by atoms with van der Waals surface area (Å²) in [6.45, 7) is 0.860. The Labute approximate surface area is 134 Å². The maximum Gasteiger partial charge on any atom is 0.164 e. The van der Waals surface area contributed by atoms with E-state index in [1.165, 1.54) is 0 Å². The Morgan fingerprint density at radius 3 is 2.48 bits per heavy atom. The average molecular weight is 326 g/mol. The zero-order chi connectivity index (χ0) is 15.2. The van der Waals surface area contributed by atoms with Crippen LogP contribution >= 0.6 is 23.2 Å². The van der Waals surface area contributed by atoms with Gasteiger partial charge in [-0.25, -0.2) is 0 Å². The lowest BCUT2D eigenvalue weighted by Crippen LogP contribution is -2.06. The van der Waals surface area contributed by atoms with Gasteiger partial charge in [-0.1, -0.05) is 47.5 Å². The molecule has 0 unspecified atom stereocenters. The number of benzene rings is 2. The van der Waals surface area contributed by atoms with Crippen LogP contribution in [0.2, 0.25) is 10.0 Å². The van der Waals surface area contributed by atoms with Crippen LogP contribution in [-0.2, 0) is 13.0 Å². The fraction of sp³-hybridized carbons (Fsp3) is 0.250. The third-order valence-corrected chi connectivity index (χ3v) is 3.96. The average Bonchev–Trinajstić information content (AvgIpc) is 2.49.